The molecule has 1 aromatic rings. The molecule has 4 rings (SSSR count). The van der Waals surface area contributed by atoms with E-state index < -0.39 is 5.41 Å². The Bertz CT molecular complexity index is 731. The van der Waals surface area contributed by atoms with Gasteiger partial charge in [-0.2, -0.15) is 0 Å². The molecular weight excluding hydrogens is 290 g/mol. The van der Waals surface area contributed by atoms with Crippen LogP contribution in [0, 0.1) is 0 Å². The number of carbonyl (C=O) groups excluding carboxylic acids is 1. The monoisotopic (exact) mass is 311 g/mol. The molecule has 0 radical (unpaired) electrons. The average molecular weight is 311 g/mol. The van der Waals surface area contributed by atoms with E-state index in [0.29, 0.717) is 11.8 Å². The summed E-state index contributed by atoms with van der Waals surface area (Å²) >= 11 is 0. The maximum atomic E-state index is 11.6. The fraction of sp³-hybridized carbons (Fsp3) is 0.421. The SMILES string of the molecule is COc1cc2c3c(c1O)C1(C=CC(=O)C=C1)CCC3N(C)CC2. The van der Waals surface area contributed by atoms with Gasteiger partial charge in [0.1, 0.15) is 0 Å². The quantitative estimate of drug-likeness (QED) is 0.866. The summed E-state index contributed by atoms with van der Waals surface area (Å²) in [6.45, 7) is 1.02. The van der Waals surface area contributed by atoms with Crippen LogP contribution in [-0.4, -0.2) is 36.5 Å². The largest absolute Gasteiger partial charge is 0.504 e. The van der Waals surface area contributed by atoms with Gasteiger partial charge in [-0.1, -0.05) is 12.2 Å². The third-order valence-corrected chi connectivity index (χ3v) is 5.60. The predicted octanol–water partition coefficient (Wildman–Crippen LogP) is 2.66. The number of ether oxygens (including phenoxy) is 1. The van der Waals surface area contributed by atoms with Crippen molar-refractivity contribution >= 4 is 5.78 Å². The van der Waals surface area contributed by atoms with Crippen molar-refractivity contribution in [2.75, 3.05) is 20.7 Å². The first-order valence-corrected chi connectivity index (χ1v) is 8.11. The fourth-order valence-corrected chi connectivity index (χ4v) is 4.37. The second kappa shape index (κ2) is 4.96. The van der Waals surface area contributed by atoms with E-state index >= 15 is 0 Å². The van der Waals surface area contributed by atoms with E-state index in [0.717, 1.165) is 31.4 Å². The van der Waals surface area contributed by atoms with Gasteiger partial charge in [-0.15, -0.1) is 0 Å². The van der Waals surface area contributed by atoms with Crippen LogP contribution in [0.3, 0.4) is 0 Å². The summed E-state index contributed by atoms with van der Waals surface area (Å²) in [5, 5.41) is 10.9. The number of hydrogen-bond donors (Lipinski definition) is 1. The zero-order valence-corrected chi connectivity index (χ0v) is 13.5. The molecule has 4 heteroatoms. The summed E-state index contributed by atoms with van der Waals surface area (Å²) in [6.07, 6.45) is 10.0. The van der Waals surface area contributed by atoms with E-state index in [9.17, 15) is 9.90 Å². The molecule has 3 aliphatic rings. The van der Waals surface area contributed by atoms with E-state index in [1.54, 1.807) is 19.3 Å². The van der Waals surface area contributed by atoms with Crippen molar-refractivity contribution in [2.24, 2.45) is 0 Å². The lowest BCUT2D eigenvalue weighted by molar-refractivity contribution is -0.110. The second-order valence-corrected chi connectivity index (χ2v) is 6.77. The zero-order chi connectivity index (χ0) is 16.2. The van der Waals surface area contributed by atoms with E-state index in [1.807, 2.05) is 18.2 Å². The number of rotatable bonds is 1. The molecule has 1 aliphatic heterocycles. The Kier molecular flexibility index (Phi) is 3.13. The molecule has 1 N–H and O–H groups in total. The fourth-order valence-electron chi connectivity index (χ4n) is 4.37. The van der Waals surface area contributed by atoms with Gasteiger partial charge >= 0.3 is 0 Å². The van der Waals surface area contributed by atoms with Crippen molar-refractivity contribution in [1.82, 2.24) is 4.90 Å². The Morgan fingerprint density at radius 1 is 1.35 bits per heavy atom. The molecule has 1 spiro atoms. The minimum absolute atomic E-state index is 0.00567. The molecule has 1 unspecified atom stereocenters. The second-order valence-electron chi connectivity index (χ2n) is 6.77. The summed E-state index contributed by atoms with van der Waals surface area (Å²) in [5.74, 6) is 0.753. The summed E-state index contributed by atoms with van der Waals surface area (Å²) < 4.78 is 5.42. The number of likely N-dealkylation sites (N-methyl/N-ethyl adjacent to an activating group) is 1. The highest BCUT2D eigenvalue weighted by atomic mass is 16.5. The average Bonchev–Trinajstić information content (AvgIpc) is 2.56. The molecule has 4 nitrogen and oxygen atoms in total. The van der Waals surface area contributed by atoms with Gasteiger partial charge in [0.25, 0.3) is 0 Å². The number of fused-ring (bicyclic) bond motifs is 1. The number of phenols is 1. The molecule has 0 bridgehead atoms. The molecular formula is C19H21NO3. The van der Waals surface area contributed by atoms with Crippen molar-refractivity contribution < 1.29 is 14.6 Å². The highest BCUT2D eigenvalue weighted by molar-refractivity contribution is 6.01. The molecule has 23 heavy (non-hydrogen) atoms. The van der Waals surface area contributed by atoms with E-state index in [4.69, 9.17) is 4.74 Å². The highest BCUT2D eigenvalue weighted by Gasteiger charge is 2.44. The summed E-state index contributed by atoms with van der Waals surface area (Å²) in [6, 6.07) is 2.31. The van der Waals surface area contributed by atoms with Gasteiger partial charge in [-0.3, -0.25) is 9.69 Å². The molecule has 0 aromatic heterocycles. The Labute approximate surface area is 136 Å². The predicted molar refractivity (Wildman–Crippen MR) is 87.9 cm³/mol. The first-order valence-electron chi connectivity index (χ1n) is 8.11. The van der Waals surface area contributed by atoms with Gasteiger partial charge in [-0.25, -0.2) is 0 Å². The molecule has 2 aliphatic carbocycles. The lowest BCUT2D eigenvalue weighted by Gasteiger charge is -2.46. The van der Waals surface area contributed by atoms with Gasteiger partial charge in [0, 0.05) is 23.6 Å². The van der Waals surface area contributed by atoms with Gasteiger partial charge in [-0.05, 0) is 55.7 Å². The Morgan fingerprint density at radius 2 is 2.09 bits per heavy atom. The summed E-state index contributed by atoms with van der Waals surface area (Å²) in [4.78, 5) is 14.0. The van der Waals surface area contributed by atoms with Crippen molar-refractivity contribution in [1.29, 1.82) is 0 Å². The molecule has 0 saturated carbocycles. The topological polar surface area (TPSA) is 49.8 Å². The standard InChI is InChI=1S/C19H21NO3/c1-20-10-6-12-11-15(23-2)18(22)17-16(12)14(20)5-9-19(17)7-3-13(21)4-8-19/h3-4,7-8,11,14,22H,5-6,9-10H2,1-2H3. The number of methoxy groups -OCH3 is 1. The van der Waals surface area contributed by atoms with Crippen LogP contribution in [0.25, 0.3) is 0 Å². The molecule has 120 valence electrons. The maximum Gasteiger partial charge on any atom is 0.178 e. The van der Waals surface area contributed by atoms with Gasteiger partial charge in [0.05, 0.1) is 7.11 Å². The number of allylic oxidation sites excluding steroid dienone is 4. The third kappa shape index (κ3) is 1.98. The molecule has 0 fully saturated rings. The molecule has 1 aromatic carbocycles. The van der Waals surface area contributed by atoms with Crippen molar-refractivity contribution in [3.63, 3.8) is 0 Å². The van der Waals surface area contributed by atoms with Crippen molar-refractivity contribution in [2.45, 2.75) is 30.7 Å². The van der Waals surface area contributed by atoms with Crippen molar-refractivity contribution in [3.05, 3.63) is 47.1 Å². The van der Waals surface area contributed by atoms with Crippen LogP contribution < -0.4 is 4.74 Å². The lowest BCUT2D eigenvalue weighted by atomic mass is 9.64. The van der Waals surface area contributed by atoms with E-state index in [2.05, 4.69) is 11.9 Å². The van der Waals surface area contributed by atoms with E-state index in [1.165, 1.54) is 11.1 Å². The van der Waals surface area contributed by atoms with Crippen LogP contribution in [0.2, 0.25) is 0 Å². The number of phenolic OH excluding ortho intramolecular Hbond substituents is 1. The molecule has 0 saturated heterocycles. The minimum atomic E-state index is -0.398. The van der Waals surface area contributed by atoms with Gasteiger partial charge in [0.2, 0.25) is 0 Å². The number of ketones is 1. The van der Waals surface area contributed by atoms with Crippen LogP contribution in [0.4, 0.5) is 0 Å². The molecule has 1 heterocycles. The minimum Gasteiger partial charge on any atom is -0.504 e. The number of nitrogens with zero attached hydrogens (tertiary/aromatic N) is 1. The smallest absolute Gasteiger partial charge is 0.178 e. The number of benzene rings is 1. The Balaban J connectivity index is 2.01. The lowest BCUT2D eigenvalue weighted by Crippen LogP contribution is -2.40. The maximum absolute atomic E-state index is 11.6. The first kappa shape index (κ1) is 14.5. The van der Waals surface area contributed by atoms with Crippen LogP contribution in [-0.2, 0) is 16.6 Å². The van der Waals surface area contributed by atoms with Crippen LogP contribution in [0.5, 0.6) is 11.5 Å². The third-order valence-electron chi connectivity index (χ3n) is 5.60. The van der Waals surface area contributed by atoms with Crippen LogP contribution in [0.15, 0.2) is 30.4 Å². The number of carbonyl (C=O) groups is 1. The normalized spacial score (nSPS) is 24.8. The Morgan fingerprint density at radius 3 is 2.78 bits per heavy atom. The zero-order valence-electron chi connectivity index (χ0n) is 13.5. The summed E-state index contributed by atoms with van der Waals surface area (Å²) in [5.41, 5.74) is 3.02. The molecule has 0 amide bonds. The first-order chi connectivity index (χ1) is 11.1. The highest BCUT2D eigenvalue weighted by Crippen LogP contribution is 2.54. The van der Waals surface area contributed by atoms with Crippen LogP contribution in [0.1, 0.15) is 35.6 Å². The van der Waals surface area contributed by atoms with Crippen molar-refractivity contribution in [3.8, 4) is 11.5 Å². The van der Waals surface area contributed by atoms with E-state index in [-0.39, 0.29) is 11.5 Å². The van der Waals surface area contributed by atoms with Gasteiger partial charge < -0.3 is 9.84 Å². The summed E-state index contributed by atoms with van der Waals surface area (Å²) in [7, 11) is 3.74. The Hall–Kier alpha value is -2.07. The number of hydrogen-bond acceptors (Lipinski definition) is 4. The number of aromatic hydroxyl groups is 1. The van der Waals surface area contributed by atoms with Gasteiger partial charge in [0.15, 0.2) is 17.3 Å². The molecule has 1 atom stereocenters. The van der Waals surface area contributed by atoms with Crippen LogP contribution >= 0.6 is 0 Å².